The molecule has 0 fully saturated rings. The van der Waals surface area contributed by atoms with Gasteiger partial charge >= 0.3 is 0 Å². The first kappa shape index (κ1) is 18.8. The van der Waals surface area contributed by atoms with E-state index in [1.807, 2.05) is 0 Å². The fourth-order valence-corrected chi connectivity index (χ4v) is 3.48. The van der Waals surface area contributed by atoms with E-state index in [4.69, 9.17) is 4.43 Å². The summed E-state index contributed by atoms with van der Waals surface area (Å²) in [7, 11) is -1.65. The summed E-state index contributed by atoms with van der Waals surface area (Å²) < 4.78 is 6.33. The van der Waals surface area contributed by atoms with Crippen LogP contribution in [0.5, 0.6) is 0 Å². The minimum Gasteiger partial charge on any atom is -0.417 e. The van der Waals surface area contributed by atoms with Crippen LogP contribution < -0.4 is 4.90 Å². The van der Waals surface area contributed by atoms with E-state index < -0.39 is 8.32 Å². The van der Waals surface area contributed by atoms with Gasteiger partial charge in [0, 0.05) is 24.5 Å². The van der Waals surface area contributed by atoms with E-state index in [0.717, 1.165) is 19.6 Å². The van der Waals surface area contributed by atoms with E-state index in [-0.39, 0.29) is 5.04 Å². The number of nitrogens with zero attached hydrogens (tertiary/aromatic N) is 1. The van der Waals surface area contributed by atoms with Gasteiger partial charge in [0.15, 0.2) is 8.32 Å². The van der Waals surface area contributed by atoms with Crippen molar-refractivity contribution in [2.45, 2.75) is 45.3 Å². The van der Waals surface area contributed by atoms with E-state index in [2.05, 4.69) is 99.4 Å². The molecule has 0 aliphatic rings. The second-order valence-electron chi connectivity index (χ2n) is 7.79. The Morgan fingerprint density at radius 3 is 1.71 bits per heavy atom. The van der Waals surface area contributed by atoms with Crippen LogP contribution in [0.2, 0.25) is 18.1 Å². The largest absolute Gasteiger partial charge is 0.417 e. The molecule has 2 aromatic rings. The maximum Gasteiger partial charge on any atom is 0.191 e. The van der Waals surface area contributed by atoms with E-state index in [9.17, 15) is 0 Å². The van der Waals surface area contributed by atoms with Crippen molar-refractivity contribution >= 4 is 19.7 Å². The summed E-state index contributed by atoms with van der Waals surface area (Å²) >= 11 is 0. The Morgan fingerprint density at radius 2 is 1.29 bits per heavy atom. The van der Waals surface area contributed by atoms with Crippen molar-refractivity contribution in [1.29, 1.82) is 0 Å². The number of hydrogen-bond donors (Lipinski definition) is 0. The molecule has 0 aliphatic heterocycles. The van der Waals surface area contributed by atoms with E-state index in [1.165, 1.54) is 11.4 Å². The third-order valence-corrected chi connectivity index (χ3v) is 9.47. The normalized spacial score (nSPS) is 12.2. The van der Waals surface area contributed by atoms with Gasteiger partial charge in [0.2, 0.25) is 0 Å². The molecule has 0 heterocycles. The lowest BCUT2D eigenvalue weighted by Gasteiger charge is -2.36. The molecular formula is C21H31NOSi. The van der Waals surface area contributed by atoms with Gasteiger partial charge in [-0.1, -0.05) is 57.2 Å². The number of rotatable bonds is 7. The fraction of sp³-hybridized carbons (Fsp3) is 0.429. The first-order valence-electron chi connectivity index (χ1n) is 8.83. The maximum atomic E-state index is 6.33. The second kappa shape index (κ2) is 7.99. The molecular weight excluding hydrogens is 310 g/mol. The fourth-order valence-electron chi connectivity index (χ4n) is 2.39. The lowest BCUT2D eigenvalue weighted by atomic mass is 10.2. The molecule has 0 aliphatic carbocycles. The number of para-hydroxylation sites is 2. The first-order valence-corrected chi connectivity index (χ1v) is 11.7. The average Bonchev–Trinajstić information content (AvgIpc) is 2.55. The van der Waals surface area contributed by atoms with Crippen molar-refractivity contribution in [3.63, 3.8) is 0 Å². The standard InChI is InChI=1S/C21H31NOSi/c1-21(2,3)24(4,5)23-18-12-17-22(19-13-8-6-9-14-19)20-15-10-7-11-16-20/h6-11,13-16H,12,17-18H2,1-5H3. The Hall–Kier alpha value is -1.58. The Bertz CT molecular complexity index is 565. The van der Waals surface area contributed by atoms with Gasteiger partial charge < -0.3 is 9.33 Å². The van der Waals surface area contributed by atoms with Gasteiger partial charge in [-0.2, -0.15) is 0 Å². The molecule has 2 aromatic carbocycles. The third kappa shape index (κ3) is 4.95. The van der Waals surface area contributed by atoms with Crippen molar-refractivity contribution in [2.24, 2.45) is 0 Å². The van der Waals surface area contributed by atoms with Gasteiger partial charge in [-0.15, -0.1) is 0 Å². The van der Waals surface area contributed by atoms with Crippen LogP contribution >= 0.6 is 0 Å². The van der Waals surface area contributed by atoms with Gasteiger partial charge in [0.1, 0.15) is 0 Å². The minimum atomic E-state index is -1.65. The molecule has 0 atom stereocenters. The lowest BCUT2D eigenvalue weighted by molar-refractivity contribution is 0.284. The second-order valence-corrected chi connectivity index (χ2v) is 12.6. The predicted molar refractivity (Wildman–Crippen MR) is 108 cm³/mol. The summed E-state index contributed by atoms with van der Waals surface area (Å²) in [5.74, 6) is 0. The monoisotopic (exact) mass is 341 g/mol. The van der Waals surface area contributed by atoms with Crippen LogP contribution in [-0.4, -0.2) is 21.5 Å². The Labute approximate surface area is 148 Å². The highest BCUT2D eigenvalue weighted by atomic mass is 28.4. The number of anilines is 2. The van der Waals surface area contributed by atoms with Crippen molar-refractivity contribution < 1.29 is 4.43 Å². The van der Waals surface area contributed by atoms with Crippen molar-refractivity contribution in [3.8, 4) is 0 Å². The molecule has 0 aromatic heterocycles. The molecule has 0 saturated heterocycles. The molecule has 2 rings (SSSR count). The number of hydrogen-bond acceptors (Lipinski definition) is 2. The zero-order valence-electron chi connectivity index (χ0n) is 15.8. The lowest BCUT2D eigenvalue weighted by Crippen LogP contribution is -2.41. The third-order valence-electron chi connectivity index (χ3n) is 4.93. The molecule has 24 heavy (non-hydrogen) atoms. The molecule has 3 heteroatoms. The smallest absolute Gasteiger partial charge is 0.191 e. The van der Waals surface area contributed by atoms with Gasteiger partial charge in [0.05, 0.1) is 0 Å². The summed E-state index contributed by atoms with van der Waals surface area (Å²) in [4.78, 5) is 2.37. The Morgan fingerprint density at radius 1 is 0.833 bits per heavy atom. The van der Waals surface area contributed by atoms with Gasteiger partial charge in [0.25, 0.3) is 0 Å². The van der Waals surface area contributed by atoms with Gasteiger partial charge in [-0.25, -0.2) is 0 Å². The minimum absolute atomic E-state index is 0.269. The summed E-state index contributed by atoms with van der Waals surface area (Å²) in [6.45, 7) is 13.3. The zero-order chi connectivity index (χ0) is 17.6. The van der Waals surface area contributed by atoms with Crippen LogP contribution in [0.4, 0.5) is 11.4 Å². The van der Waals surface area contributed by atoms with Crippen LogP contribution in [0, 0.1) is 0 Å². The van der Waals surface area contributed by atoms with E-state index in [0.29, 0.717) is 0 Å². The molecule has 0 amide bonds. The van der Waals surface area contributed by atoms with Crippen molar-refractivity contribution in [1.82, 2.24) is 0 Å². The summed E-state index contributed by atoms with van der Waals surface area (Å²) in [5, 5.41) is 0.269. The summed E-state index contributed by atoms with van der Waals surface area (Å²) in [6.07, 6.45) is 1.02. The highest BCUT2D eigenvalue weighted by Gasteiger charge is 2.36. The van der Waals surface area contributed by atoms with Crippen LogP contribution in [-0.2, 0) is 4.43 Å². The molecule has 0 spiro atoms. The molecule has 0 radical (unpaired) electrons. The van der Waals surface area contributed by atoms with E-state index >= 15 is 0 Å². The van der Waals surface area contributed by atoms with E-state index in [1.54, 1.807) is 0 Å². The van der Waals surface area contributed by atoms with Crippen LogP contribution in [0.15, 0.2) is 60.7 Å². The quantitative estimate of drug-likeness (QED) is 0.437. The zero-order valence-corrected chi connectivity index (χ0v) is 16.8. The van der Waals surface area contributed by atoms with Crippen LogP contribution in [0.25, 0.3) is 0 Å². The topological polar surface area (TPSA) is 12.5 Å². The SMILES string of the molecule is CC(C)(C)[Si](C)(C)OCCCN(c1ccccc1)c1ccccc1. The molecule has 0 N–H and O–H groups in total. The molecule has 130 valence electrons. The van der Waals surface area contributed by atoms with Gasteiger partial charge in [-0.05, 0) is 48.8 Å². The summed E-state index contributed by atoms with van der Waals surface area (Å²) in [6, 6.07) is 21.2. The molecule has 2 nitrogen and oxygen atoms in total. The summed E-state index contributed by atoms with van der Waals surface area (Å²) in [5.41, 5.74) is 2.46. The maximum absolute atomic E-state index is 6.33. The number of benzene rings is 2. The highest BCUT2D eigenvalue weighted by Crippen LogP contribution is 2.36. The van der Waals surface area contributed by atoms with Crippen molar-refractivity contribution in [2.75, 3.05) is 18.1 Å². The average molecular weight is 342 g/mol. The van der Waals surface area contributed by atoms with Gasteiger partial charge in [-0.3, -0.25) is 0 Å². The highest BCUT2D eigenvalue weighted by molar-refractivity contribution is 6.74. The molecule has 0 unspecified atom stereocenters. The van der Waals surface area contributed by atoms with Crippen molar-refractivity contribution in [3.05, 3.63) is 60.7 Å². The molecule has 0 saturated carbocycles. The Balaban J connectivity index is 2.01. The molecule has 0 bridgehead atoms. The predicted octanol–water partition coefficient (Wildman–Crippen LogP) is 6.24. The Kier molecular flexibility index (Phi) is 6.25. The van der Waals surface area contributed by atoms with Crippen LogP contribution in [0.3, 0.4) is 0 Å². The first-order chi connectivity index (χ1) is 11.3. The van der Waals surface area contributed by atoms with Crippen LogP contribution in [0.1, 0.15) is 27.2 Å².